The molecular weight excluding hydrogens is 369 g/mol. The van der Waals surface area contributed by atoms with E-state index in [-0.39, 0.29) is 28.5 Å². The fourth-order valence-corrected chi connectivity index (χ4v) is 4.44. The van der Waals surface area contributed by atoms with Gasteiger partial charge >= 0.3 is 0 Å². The second kappa shape index (κ2) is 7.80. The van der Waals surface area contributed by atoms with Gasteiger partial charge in [0.1, 0.15) is 10.0 Å². The van der Waals surface area contributed by atoms with E-state index in [0.717, 1.165) is 5.56 Å². The summed E-state index contributed by atoms with van der Waals surface area (Å²) in [6.07, 6.45) is 1.32. The summed E-state index contributed by atoms with van der Waals surface area (Å²) < 4.78 is 27.6. The minimum atomic E-state index is -3.61. The summed E-state index contributed by atoms with van der Waals surface area (Å²) in [7, 11) is -1.61. The molecule has 0 spiro atoms. The first-order valence-corrected chi connectivity index (χ1v) is 9.17. The highest BCUT2D eigenvalue weighted by Crippen LogP contribution is 2.30. The van der Waals surface area contributed by atoms with Crippen LogP contribution in [0.1, 0.15) is 11.6 Å². The topological polar surface area (TPSA) is 53.5 Å². The Morgan fingerprint density at radius 2 is 1.83 bits per heavy atom. The summed E-state index contributed by atoms with van der Waals surface area (Å²) in [5, 5.41) is 0.280. The highest BCUT2D eigenvalue weighted by atomic mass is 35.5. The highest BCUT2D eigenvalue weighted by Gasteiger charge is 2.36. The molecule has 8 heteroatoms. The van der Waals surface area contributed by atoms with Gasteiger partial charge in [0.15, 0.2) is 0 Å². The number of likely N-dealkylation sites (N-methyl/N-ethyl adjacent to an activating group) is 1. The van der Waals surface area contributed by atoms with E-state index >= 15 is 0 Å². The van der Waals surface area contributed by atoms with E-state index in [0.29, 0.717) is 19.6 Å². The predicted molar refractivity (Wildman–Crippen MR) is 97.1 cm³/mol. The van der Waals surface area contributed by atoms with Crippen LogP contribution in [0.5, 0.6) is 0 Å². The summed E-state index contributed by atoms with van der Waals surface area (Å²) in [6.45, 7) is 1.80. The van der Waals surface area contributed by atoms with Crippen LogP contribution < -0.4 is 0 Å². The molecule has 3 rings (SSSR count). The van der Waals surface area contributed by atoms with Crippen LogP contribution in [0.4, 0.5) is 0 Å². The molecule has 2 aromatic rings. The largest absolute Gasteiger partial charge is 0.303 e. The van der Waals surface area contributed by atoms with Gasteiger partial charge in [0.2, 0.25) is 10.0 Å². The molecule has 0 radical (unpaired) electrons. The van der Waals surface area contributed by atoms with Crippen LogP contribution in [0.25, 0.3) is 0 Å². The molecular formula is C16H19Cl2N3O2S. The Morgan fingerprint density at radius 1 is 1.12 bits per heavy atom. The Balaban J connectivity index is 0.00000208. The third-order valence-corrected chi connectivity index (χ3v) is 6.14. The van der Waals surface area contributed by atoms with Gasteiger partial charge in [-0.05, 0) is 24.7 Å². The molecule has 1 aliphatic heterocycles. The lowest BCUT2D eigenvalue weighted by Gasteiger charge is -2.39. The Bertz CT molecular complexity index is 770. The van der Waals surface area contributed by atoms with Crippen molar-refractivity contribution in [1.82, 2.24) is 14.2 Å². The fraction of sp³-hybridized carbons (Fsp3) is 0.312. The average Bonchev–Trinajstić information content (AvgIpc) is 2.56. The summed E-state index contributed by atoms with van der Waals surface area (Å²) in [5.74, 6) is 0. The smallest absolute Gasteiger partial charge is 0.245 e. The number of aromatic nitrogens is 1. The molecule has 130 valence electrons. The van der Waals surface area contributed by atoms with Gasteiger partial charge in [-0.15, -0.1) is 12.4 Å². The average molecular weight is 388 g/mol. The van der Waals surface area contributed by atoms with Gasteiger partial charge in [0.25, 0.3) is 0 Å². The van der Waals surface area contributed by atoms with E-state index in [4.69, 9.17) is 11.6 Å². The quantitative estimate of drug-likeness (QED) is 0.759. The zero-order valence-electron chi connectivity index (χ0n) is 13.2. The van der Waals surface area contributed by atoms with Crippen molar-refractivity contribution < 1.29 is 8.42 Å². The van der Waals surface area contributed by atoms with Crippen molar-refractivity contribution >= 4 is 34.0 Å². The SMILES string of the molecule is CN1CCN(S(=O)(=O)c2ccc(Cl)nc2)C(c2ccccc2)C1.Cl. The van der Waals surface area contributed by atoms with Gasteiger partial charge in [0, 0.05) is 25.8 Å². The third kappa shape index (κ3) is 3.90. The molecule has 0 saturated carbocycles. The van der Waals surface area contributed by atoms with E-state index in [9.17, 15) is 8.42 Å². The number of nitrogens with zero attached hydrogens (tertiary/aromatic N) is 3. The van der Waals surface area contributed by atoms with Crippen molar-refractivity contribution in [3.05, 3.63) is 59.4 Å². The maximum absolute atomic E-state index is 13.0. The Labute approximate surface area is 153 Å². The van der Waals surface area contributed by atoms with Crippen molar-refractivity contribution in [3.63, 3.8) is 0 Å². The van der Waals surface area contributed by atoms with E-state index in [1.54, 1.807) is 4.31 Å². The van der Waals surface area contributed by atoms with Crippen molar-refractivity contribution in [2.24, 2.45) is 0 Å². The van der Waals surface area contributed by atoms with Crippen molar-refractivity contribution in [2.45, 2.75) is 10.9 Å². The molecule has 0 N–H and O–H groups in total. The number of piperazine rings is 1. The summed E-state index contributed by atoms with van der Waals surface area (Å²) in [5.41, 5.74) is 0.990. The van der Waals surface area contributed by atoms with E-state index in [1.165, 1.54) is 18.3 Å². The molecule has 1 fully saturated rings. The number of hydrogen-bond donors (Lipinski definition) is 0. The maximum Gasteiger partial charge on any atom is 0.245 e. The molecule has 0 aliphatic carbocycles. The van der Waals surface area contributed by atoms with E-state index in [2.05, 4.69) is 9.88 Å². The van der Waals surface area contributed by atoms with Crippen LogP contribution in [-0.4, -0.2) is 49.3 Å². The highest BCUT2D eigenvalue weighted by molar-refractivity contribution is 7.89. The number of rotatable bonds is 3. The maximum atomic E-state index is 13.0. The number of pyridine rings is 1. The van der Waals surface area contributed by atoms with Gasteiger partial charge in [-0.3, -0.25) is 0 Å². The minimum absolute atomic E-state index is 0. The summed E-state index contributed by atoms with van der Waals surface area (Å²) >= 11 is 5.77. The van der Waals surface area contributed by atoms with E-state index in [1.807, 2.05) is 37.4 Å². The standard InChI is InChI=1S/C16H18ClN3O2S.ClH/c1-19-9-10-20(15(12-19)13-5-3-2-4-6-13)23(21,22)14-7-8-16(17)18-11-14;/h2-8,11,15H,9-10,12H2,1H3;1H. The molecule has 1 atom stereocenters. The molecule has 2 heterocycles. The first-order chi connectivity index (χ1) is 11.0. The molecule has 1 aromatic heterocycles. The Morgan fingerprint density at radius 3 is 2.46 bits per heavy atom. The second-order valence-electron chi connectivity index (χ2n) is 5.62. The Kier molecular flexibility index (Phi) is 6.22. The van der Waals surface area contributed by atoms with Crippen LogP contribution in [0, 0.1) is 0 Å². The first kappa shape index (κ1) is 19.1. The number of hydrogen-bond acceptors (Lipinski definition) is 4. The molecule has 1 saturated heterocycles. The number of sulfonamides is 1. The van der Waals surface area contributed by atoms with Gasteiger partial charge in [-0.25, -0.2) is 13.4 Å². The van der Waals surface area contributed by atoms with Crippen LogP contribution in [0.15, 0.2) is 53.6 Å². The Hall–Kier alpha value is -1.18. The molecule has 1 aromatic carbocycles. The van der Waals surface area contributed by atoms with Crippen LogP contribution in [0.2, 0.25) is 5.15 Å². The van der Waals surface area contributed by atoms with Gasteiger partial charge in [-0.2, -0.15) is 4.31 Å². The monoisotopic (exact) mass is 387 g/mol. The normalized spacial score (nSPS) is 19.7. The zero-order chi connectivity index (χ0) is 16.4. The fourth-order valence-electron chi connectivity index (χ4n) is 2.79. The molecule has 24 heavy (non-hydrogen) atoms. The minimum Gasteiger partial charge on any atom is -0.303 e. The summed E-state index contributed by atoms with van der Waals surface area (Å²) in [6, 6.07) is 12.5. The molecule has 1 aliphatic rings. The van der Waals surface area contributed by atoms with Gasteiger partial charge in [-0.1, -0.05) is 41.9 Å². The number of benzene rings is 1. The lowest BCUT2D eigenvalue weighted by atomic mass is 10.1. The molecule has 5 nitrogen and oxygen atoms in total. The lowest BCUT2D eigenvalue weighted by molar-refractivity contribution is 0.160. The van der Waals surface area contributed by atoms with Gasteiger partial charge in [0.05, 0.1) is 6.04 Å². The van der Waals surface area contributed by atoms with Crippen molar-refractivity contribution in [2.75, 3.05) is 26.7 Å². The third-order valence-electron chi connectivity index (χ3n) is 4.03. The first-order valence-electron chi connectivity index (χ1n) is 7.35. The second-order valence-corrected chi connectivity index (χ2v) is 7.90. The van der Waals surface area contributed by atoms with Crippen molar-refractivity contribution in [3.8, 4) is 0 Å². The number of halogens is 2. The summed E-state index contributed by atoms with van der Waals surface area (Å²) in [4.78, 5) is 6.22. The molecule has 1 unspecified atom stereocenters. The zero-order valence-corrected chi connectivity index (χ0v) is 15.6. The van der Waals surface area contributed by atoms with Crippen LogP contribution in [0.3, 0.4) is 0 Å². The van der Waals surface area contributed by atoms with Crippen LogP contribution >= 0.6 is 24.0 Å². The molecule has 0 bridgehead atoms. The lowest BCUT2D eigenvalue weighted by Crippen LogP contribution is -2.49. The van der Waals surface area contributed by atoms with Crippen molar-refractivity contribution in [1.29, 1.82) is 0 Å². The van der Waals surface area contributed by atoms with E-state index < -0.39 is 10.0 Å². The predicted octanol–water partition coefficient (Wildman–Crippen LogP) is 2.83. The van der Waals surface area contributed by atoms with Gasteiger partial charge < -0.3 is 4.90 Å². The van der Waals surface area contributed by atoms with Crippen LogP contribution in [-0.2, 0) is 10.0 Å². The molecule has 0 amide bonds.